The smallest absolute Gasteiger partial charge is 0.273 e. The van der Waals surface area contributed by atoms with Crippen LogP contribution in [0.15, 0.2) is 76.8 Å². The normalized spacial score (nSPS) is 10.8. The molecule has 2 aromatic carbocycles. The quantitative estimate of drug-likeness (QED) is 0.575. The molecule has 8 nitrogen and oxygen atoms in total. The molecule has 1 amide bonds. The van der Waals surface area contributed by atoms with Gasteiger partial charge < -0.3 is 9.88 Å². The number of imidazole rings is 1. The standard InChI is InChI=1S/C19H15N5O3/c25-17(21-13-5-7-14(8-6-13)23-10-9-20-12-23)11-24-19(27)16-4-2-1-3-15(16)18(26)22-24/h1-10,12H,11H2,(H,21,25)(H,22,26). The summed E-state index contributed by atoms with van der Waals surface area (Å²) in [7, 11) is 0. The number of rotatable bonds is 4. The summed E-state index contributed by atoms with van der Waals surface area (Å²) < 4.78 is 2.85. The Kier molecular flexibility index (Phi) is 4.13. The van der Waals surface area contributed by atoms with Crippen molar-refractivity contribution in [3.8, 4) is 5.69 Å². The van der Waals surface area contributed by atoms with Crippen LogP contribution >= 0.6 is 0 Å². The highest BCUT2D eigenvalue weighted by Gasteiger charge is 2.10. The van der Waals surface area contributed by atoms with Gasteiger partial charge in [-0.3, -0.25) is 19.5 Å². The van der Waals surface area contributed by atoms with Crippen molar-refractivity contribution in [3.05, 3.63) is 88.0 Å². The second-order valence-corrected chi connectivity index (χ2v) is 5.94. The van der Waals surface area contributed by atoms with E-state index in [1.165, 1.54) is 0 Å². The van der Waals surface area contributed by atoms with Crippen LogP contribution in [0.3, 0.4) is 0 Å². The number of benzene rings is 2. The van der Waals surface area contributed by atoms with Crippen molar-refractivity contribution in [2.24, 2.45) is 0 Å². The molecule has 0 atom stereocenters. The zero-order chi connectivity index (χ0) is 18.8. The molecule has 0 spiro atoms. The first-order valence-corrected chi connectivity index (χ1v) is 8.22. The number of carbonyl (C=O) groups is 1. The van der Waals surface area contributed by atoms with E-state index in [2.05, 4.69) is 15.4 Å². The fourth-order valence-electron chi connectivity index (χ4n) is 2.83. The van der Waals surface area contributed by atoms with Gasteiger partial charge in [-0.15, -0.1) is 0 Å². The molecule has 0 unspecified atom stereocenters. The monoisotopic (exact) mass is 361 g/mol. The van der Waals surface area contributed by atoms with Gasteiger partial charge in [0.25, 0.3) is 11.1 Å². The lowest BCUT2D eigenvalue weighted by atomic mass is 10.2. The number of fused-ring (bicyclic) bond motifs is 1. The van der Waals surface area contributed by atoms with Crippen molar-refractivity contribution in [3.63, 3.8) is 0 Å². The van der Waals surface area contributed by atoms with E-state index in [1.54, 1.807) is 48.9 Å². The second kappa shape index (κ2) is 6.75. The van der Waals surface area contributed by atoms with E-state index in [0.717, 1.165) is 10.4 Å². The molecule has 0 aliphatic heterocycles. The molecular formula is C19H15N5O3. The van der Waals surface area contributed by atoms with Gasteiger partial charge in [0, 0.05) is 23.8 Å². The van der Waals surface area contributed by atoms with Gasteiger partial charge in [-0.25, -0.2) is 9.67 Å². The molecule has 0 saturated carbocycles. The van der Waals surface area contributed by atoms with Crippen LogP contribution in [0, 0.1) is 0 Å². The molecule has 0 saturated heterocycles. The SMILES string of the molecule is O=C(Cn1[nH]c(=O)c2ccccc2c1=O)Nc1ccc(-n2ccnc2)cc1. The summed E-state index contributed by atoms with van der Waals surface area (Å²) in [6, 6.07) is 13.7. The largest absolute Gasteiger partial charge is 0.324 e. The number of nitrogens with zero attached hydrogens (tertiary/aromatic N) is 3. The number of carbonyl (C=O) groups excluding carboxylic acids is 1. The molecule has 0 radical (unpaired) electrons. The van der Waals surface area contributed by atoms with Crippen LogP contribution in [0.25, 0.3) is 16.5 Å². The average molecular weight is 361 g/mol. The Morgan fingerprint density at radius 3 is 2.48 bits per heavy atom. The third-order valence-electron chi connectivity index (χ3n) is 4.14. The van der Waals surface area contributed by atoms with Crippen LogP contribution in [0.4, 0.5) is 5.69 Å². The number of hydrogen-bond donors (Lipinski definition) is 2. The number of aromatic amines is 1. The van der Waals surface area contributed by atoms with Gasteiger partial charge in [0.1, 0.15) is 6.54 Å². The third kappa shape index (κ3) is 3.28. The first kappa shape index (κ1) is 16.5. The van der Waals surface area contributed by atoms with Crippen LogP contribution in [-0.2, 0) is 11.3 Å². The number of H-pyrrole nitrogens is 1. The third-order valence-corrected chi connectivity index (χ3v) is 4.14. The zero-order valence-electron chi connectivity index (χ0n) is 14.1. The number of anilines is 1. The molecule has 2 N–H and O–H groups in total. The number of aromatic nitrogens is 4. The fraction of sp³-hybridized carbons (Fsp3) is 0.0526. The molecule has 0 aliphatic rings. The average Bonchev–Trinajstić information content (AvgIpc) is 3.21. The Morgan fingerprint density at radius 2 is 1.78 bits per heavy atom. The molecule has 0 aliphatic carbocycles. The van der Waals surface area contributed by atoms with Gasteiger partial charge in [-0.05, 0) is 36.4 Å². The number of hydrogen-bond acceptors (Lipinski definition) is 4. The maximum Gasteiger partial charge on any atom is 0.273 e. The van der Waals surface area contributed by atoms with Crippen LogP contribution in [0.1, 0.15) is 0 Å². The molecule has 4 aromatic rings. The minimum absolute atomic E-state index is 0.277. The van der Waals surface area contributed by atoms with Crippen LogP contribution in [0.5, 0.6) is 0 Å². The molecule has 4 rings (SSSR count). The first-order chi connectivity index (χ1) is 13.1. The maximum absolute atomic E-state index is 12.4. The Balaban J connectivity index is 1.53. The summed E-state index contributed by atoms with van der Waals surface area (Å²) in [5.41, 5.74) is 0.652. The molecule has 0 bridgehead atoms. The minimum atomic E-state index is -0.421. The van der Waals surface area contributed by atoms with Gasteiger partial charge >= 0.3 is 0 Å². The molecule has 0 fully saturated rings. The highest BCUT2D eigenvalue weighted by Crippen LogP contribution is 2.13. The van der Waals surface area contributed by atoms with Crippen LogP contribution in [-0.4, -0.2) is 25.2 Å². The molecule has 27 heavy (non-hydrogen) atoms. The van der Waals surface area contributed by atoms with E-state index in [9.17, 15) is 14.4 Å². The lowest BCUT2D eigenvalue weighted by molar-refractivity contribution is -0.117. The number of amides is 1. The molecule has 2 heterocycles. The van der Waals surface area contributed by atoms with Crippen molar-refractivity contribution in [2.45, 2.75) is 6.54 Å². The summed E-state index contributed by atoms with van der Waals surface area (Å²) in [6.07, 6.45) is 5.17. The van der Waals surface area contributed by atoms with Gasteiger partial charge in [-0.2, -0.15) is 0 Å². The van der Waals surface area contributed by atoms with Crippen LogP contribution in [0.2, 0.25) is 0 Å². The predicted octanol–water partition coefficient (Wildman–Crippen LogP) is 1.51. The van der Waals surface area contributed by atoms with Crippen molar-refractivity contribution < 1.29 is 4.79 Å². The van der Waals surface area contributed by atoms with Gasteiger partial charge in [0.05, 0.1) is 17.1 Å². The van der Waals surface area contributed by atoms with Crippen LogP contribution < -0.4 is 16.4 Å². The lowest BCUT2D eigenvalue weighted by Gasteiger charge is -2.09. The Bertz CT molecular complexity index is 1220. The van der Waals surface area contributed by atoms with E-state index in [0.29, 0.717) is 11.1 Å². The Labute approximate surface area is 152 Å². The van der Waals surface area contributed by atoms with Gasteiger partial charge in [-0.1, -0.05) is 12.1 Å². The Hall–Kier alpha value is -3.94. The first-order valence-electron chi connectivity index (χ1n) is 8.22. The maximum atomic E-state index is 12.4. The second-order valence-electron chi connectivity index (χ2n) is 5.94. The van der Waals surface area contributed by atoms with E-state index < -0.39 is 17.0 Å². The van der Waals surface area contributed by atoms with E-state index >= 15 is 0 Å². The van der Waals surface area contributed by atoms with E-state index in [-0.39, 0.29) is 11.9 Å². The van der Waals surface area contributed by atoms with E-state index in [1.807, 2.05) is 22.9 Å². The molecule has 2 aromatic heterocycles. The van der Waals surface area contributed by atoms with Crippen molar-refractivity contribution in [1.29, 1.82) is 0 Å². The molecular weight excluding hydrogens is 346 g/mol. The fourth-order valence-corrected chi connectivity index (χ4v) is 2.83. The van der Waals surface area contributed by atoms with E-state index in [4.69, 9.17) is 0 Å². The summed E-state index contributed by atoms with van der Waals surface area (Å²) in [4.78, 5) is 40.8. The Morgan fingerprint density at radius 1 is 1.04 bits per heavy atom. The van der Waals surface area contributed by atoms with Crippen molar-refractivity contribution in [2.75, 3.05) is 5.32 Å². The molecule has 134 valence electrons. The highest BCUT2D eigenvalue weighted by molar-refractivity contribution is 5.90. The van der Waals surface area contributed by atoms with Gasteiger partial charge in [0.2, 0.25) is 5.91 Å². The highest BCUT2D eigenvalue weighted by atomic mass is 16.2. The molecule has 8 heteroatoms. The summed E-state index contributed by atoms with van der Waals surface area (Å²) in [6.45, 7) is -0.290. The predicted molar refractivity (Wildman–Crippen MR) is 101 cm³/mol. The van der Waals surface area contributed by atoms with Gasteiger partial charge in [0.15, 0.2) is 0 Å². The zero-order valence-corrected chi connectivity index (χ0v) is 14.1. The number of nitrogens with one attached hydrogen (secondary N) is 2. The van der Waals surface area contributed by atoms with Crippen molar-refractivity contribution >= 4 is 22.4 Å². The van der Waals surface area contributed by atoms with Crippen molar-refractivity contribution in [1.82, 2.24) is 19.3 Å². The summed E-state index contributed by atoms with van der Waals surface area (Å²) in [5, 5.41) is 5.73. The lowest BCUT2D eigenvalue weighted by Crippen LogP contribution is -2.34. The summed E-state index contributed by atoms with van der Waals surface area (Å²) >= 11 is 0. The topological polar surface area (TPSA) is 102 Å². The minimum Gasteiger partial charge on any atom is -0.324 e. The summed E-state index contributed by atoms with van der Waals surface area (Å²) in [5.74, 6) is -0.418.